The van der Waals surface area contributed by atoms with Crippen LogP contribution in [0.15, 0.2) is 48.5 Å². The Labute approximate surface area is 169 Å². The van der Waals surface area contributed by atoms with Crippen molar-refractivity contribution in [3.63, 3.8) is 0 Å². The second-order valence-corrected chi connectivity index (χ2v) is 7.61. The van der Waals surface area contributed by atoms with Crippen molar-refractivity contribution in [3.8, 4) is 0 Å². The van der Waals surface area contributed by atoms with E-state index in [0.29, 0.717) is 15.7 Å². The van der Waals surface area contributed by atoms with E-state index in [1.165, 1.54) is 0 Å². The highest BCUT2D eigenvalue weighted by atomic mass is 35.5. The van der Waals surface area contributed by atoms with Gasteiger partial charge in [0.1, 0.15) is 0 Å². The number of anilines is 1. The first-order valence-electron chi connectivity index (χ1n) is 8.70. The van der Waals surface area contributed by atoms with Gasteiger partial charge in [0, 0.05) is 27.3 Å². The molecule has 0 bridgehead atoms. The van der Waals surface area contributed by atoms with Gasteiger partial charge in [0.25, 0.3) is 11.8 Å². The van der Waals surface area contributed by atoms with Gasteiger partial charge in [0.15, 0.2) is 12.6 Å². The van der Waals surface area contributed by atoms with Crippen molar-refractivity contribution in [1.29, 1.82) is 0 Å². The predicted octanol–water partition coefficient (Wildman–Crippen LogP) is 2.71. The molecule has 2 aromatic rings. The molecule has 0 heterocycles. The lowest BCUT2D eigenvalue weighted by atomic mass is 10.0. The van der Waals surface area contributed by atoms with Gasteiger partial charge in [-0.05, 0) is 32.0 Å². The van der Waals surface area contributed by atoms with E-state index < -0.39 is 6.04 Å². The minimum atomic E-state index is -0.568. The molecule has 144 valence electrons. The molecule has 0 aliphatic carbocycles. The summed E-state index contributed by atoms with van der Waals surface area (Å²) in [5.74, 6) is -0.351. The number of nitrogens with one attached hydrogen (secondary N) is 3. The number of halogens is 2. The highest BCUT2D eigenvalue weighted by Gasteiger charge is 2.30. The third kappa shape index (κ3) is 6.54. The van der Waals surface area contributed by atoms with E-state index in [1.807, 2.05) is 51.2 Å². The van der Waals surface area contributed by atoms with Gasteiger partial charge in [0.05, 0.1) is 7.05 Å². The lowest BCUT2D eigenvalue weighted by Crippen LogP contribution is -3.11. The van der Waals surface area contributed by atoms with Crippen molar-refractivity contribution in [2.45, 2.75) is 25.9 Å². The van der Waals surface area contributed by atoms with Gasteiger partial charge >= 0.3 is 0 Å². The lowest BCUT2D eigenvalue weighted by molar-refractivity contribution is -0.894. The quantitative estimate of drug-likeness (QED) is 0.659. The third-order valence-corrected chi connectivity index (χ3v) is 4.34. The molecule has 0 aromatic heterocycles. The van der Waals surface area contributed by atoms with E-state index in [0.717, 1.165) is 10.5 Å². The minimum Gasteiger partial charge on any atom is -0.349 e. The molecule has 0 saturated carbocycles. The van der Waals surface area contributed by atoms with Crippen LogP contribution in [-0.4, -0.2) is 31.4 Å². The third-order valence-electron chi connectivity index (χ3n) is 3.91. The summed E-state index contributed by atoms with van der Waals surface area (Å²) in [5.41, 5.74) is 1.33. The number of benzene rings is 2. The summed E-state index contributed by atoms with van der Waals surface area (Å²) in [7, 11) is 1.82. The minimum absolute atomic E-state index is 0.0444. The van der Waals surface area contributed by atoms with Gasteiger partial charge in [-0.15, -0.1) is 0 Å². The first kappa shape index (κ1) is 21.2. The van der Waals surface area contributed by atoms with Crippen molar-refractivity contribution in [3.05, 3.63) is 64.1 Å². The van der Waals surface area contributed by atoms with E-state index in [2.05, 4.69) is 10.6 Å². The summed E-state index contributed by atoms with van der Waals surface area (Å²) < 4.78 is 0. The van der Waals surface area contributed by atoms with Crippen LogP contribution in [0.2, 0.25) is 10.0 Å². The van der Waals surface area contributed by atoms with Crippen LogP contribution in [0.3, 0.4) is 0 Å². The first-order chi connectivity index (χ1) is 12.8. The summed E-state index contributed by atoms with van der Waals surface area (Å²) >= 11 is 12.0. The Morgan fingerprint density at radius 2 is 1.63 bits per heavy atom. The highest BCUT2D eigenvalue weighted by Crippen LogP contribution is 2.23. The zero-order valence-corrected chi connectivity index (χ0v) is 17.1. The molecule has 5 nitrogen and oxygen atoms in total. The number of likely N-dealkylation sites (N-methyl/N-ethyl adjacent to an activating group) is 1. The Hall–Kier alpha value is -2.08. The standard InChI is InChI=1S/C20H23Cl2N3O2/c1-13(2)23-18(26)12-25(3)19(14-7-5-4-6-8-14)20(27)24-17-10-15(21)9-16(22)11-17/h4-11,13,19H,12H2,1-3H3,(H,23,26)(H,24,27)/p+1/t19-/m0/s1. The number of rotatable bonds is 7. The van der Waals surface area contributed by atoms with Gasteiger partial charge < -0.3 is 15.5 Å². The molecule has 3 N–H and O–H groups in total. The number of quaternary nitrogens is 1. The summed E-state index contributed by atoms with van der Waals surface area (Å²) in [6.07, 6.45) is 0. The molecule has 2 atom stereocenters. The topological polar surface area (TPSA) is 62.6 Å². The molecule has 0 aliphatic rings. The molecule has 2 rings (SSSR count). The van der Waals surface area contributed by atoms with Crippen LogP contribution in [0.5, 0.6) is 0 Å². The van der Waals surface area contributed by atoms with Crippen molar-refractivity contribution >= 4 is 40.7 Å². The van der Waals surface area contributed by atoms with Crippen LogP contribution in [0.25, 0.3) is 0 Å². The zero-order chi connectivity index (χ0) is 20.0. The molecular formula is C20H24Cl2N3O2+. The largest absolute Gasteiger partial charge is 0.349 e. The van der Waals surface area contributed by atoms with Gasteiger partial charge in [-0.3, -0.25) is 9.59 Å². The molecule has 0 aliphatic heterocycles. The number of hydrogen-bond donors (Lipinski definition) is 3. The molecule has 2 amide bonds. The van der Waals surface area contributed by atoms with E-state index in [9.17, 15) is 9.59 Å². The molecule has 2 aromatic carbocycles. The molecule has 0 saturated heterocycles. The number of amides is 2. The fourth-order valence-corrected chi connectivity index (χ4v) is 3.40. The van der Waals surface area contributed by atoms with Gasteiger partial charge in [0.2, 0.25) is 0 Å². The summed E-state index contributed by atoms with van der Waals surface area (Å²) in [6, 6.07) is 13.7. The van der Waals surface area contributed by atoms with Gasteiger partial charge in [-0.2, -0.15) is 0 Å². The lowest BCUT2D eigenvalue weighted by Gasteiger charge is -2.24. The van der Waals surface area contributed by atoms with Crippen molar-refractivity contribution in [1.82, 2.24) is 5.32 Å². The Morgan fingerprint density at radius 3 is 2.19 bits per heavy atom. The highest BCUT2D eigenvalue weighted by molar-refractivity contribution is 6.35. The molecule has 1 unspecified atom stereocenters. The average molecular weight is 409 g/mol. The van der Waals surface area contributed by atoms with Crippen LogP contribution >= 0.6 is 23.2 Å². The van der Waals surface area contributed by atoms with Crippen LogP contribution in [-0.2, 0) is 9.59 Å². The van der Waals surface area contributed by atoms with E-state index in [-0.39, 0.29) is 24.4 Å². The number of carbonyl (C=O) groups is 2. The van der Waals surface area contributed by atoms with E-state index in [1.54, 1.807) is 18.2 Å². The fourth-order valence-electron chi connectivity index (χ4n) is 2.87. The Kier molecular flexibility index (Phi) is 7.66. The normalized spacial score (nSPS) is 13.1. The number of carbonyl (C=O) groups excluding carboxylic acids is 2. The summed E-state index contributed by atoms with van der Waals surface area (Å²) in [6.45, 7) is 3.97. The Morgan fingerprint density at radius 1 is 1.04 bits per heavy atom. The van der Waals surface area contributed by atoms with Crippen molar-refractivity contribution in [2.24, 2.45) is 0 Å². The molecule has 7 heteroatoms. The van der Waals surface area contributed by atoms with E-state index >= 15 is 0 Å². The molecule has 0 fully saturated rings. The number of hydrogen-bond acceptors (Lipinski definition) is 2. The van der Waals surface area contributed by atoms with Gasteiger partial charge in [-0.25, -0.2) is 0 Å². The Bertz CT molecular complexity index is 777. The van der Waals surface area contributed by atoms with E-state index in [4.69, 9.17) is 23.2 Å². The van der Waals surface area contributed by atoms with Crippen LogP contribution < -0.4 is 15.5 Å². The van der Waals surface area contributed by atoms with Crippen LogP contribution in [0.4, 0.5) is 5.69 Å². The molecule has 27 heavy (non-hydrogen) atoms. The second-order valence-electron chi connectivity index (χ2n) is 6.74. The molecule has 0 spiro atoms. The molecule has 0 radical (unpaired) electrons. The maximum atomic E-state index is 13.0. The predicted molar refractivity (Wildman–Crippen MR) is 109 cm³/mol. The molecular weight excluding hydrogens is 385 g/mol. The summed E-state index contributed by atoms with van der Waals surface area (Å²) in [4.78, 5) is 26.0. The zero-order valence-electron chi connectivity index (χ0n) is 15.6. The van der Waals surface area contributed by atoms with Gasteiger partial charge in [-0.1, -0.05) is 53.5 Å². The van der Waals surface area contributed by atoms with Crippen LogP contribution in [0.1, 0.15) is 25.5 Å². The monoisotopic (exact) mass is 408 g/mol. The van der Waals surface area contributed by atoms with Crippen molar-refractivity contribution < 1.29 is 14.5 Å². The SMILES string of the molecule is CC(C)NC(=O)C[NH+](C)[C@H](C(=O)Nc1cc(Cl)cc(Cl)c1)c1ccccc1. The summed E-state index contributed by atoms with van der Waals surface area (Å²) in [5, 5.41) is 6.59. The van der Waals surface area contributed by atoms with Crippen molar-refractivity contribution in [2.75, 3.05) is 18.9 Å². The fraction of sp³-hybridized carbons (Fsp3) is 0.300. The smallest absolute Gasteiger partial charge is 0.287 e. The Balaban J connectivity index is 2.24. The first-order valence-corrected chi connectivity index (χ1v) is 9.45. The maximum Gasteiger partial charge on any atom is 0.287 e. The maximum absolute atomic E-state index is 13.0. The van der Waals surface area contributed by atoms with Crippen LogP contribution in [0, 0.1) is 0 Å². The second kappa shape index (κ2) is 9.74. The average Bonchev–Trinajstić information content (AvgIpc) is 2.53.